The van der Waals surface area contributed by atoms with Crippen molar-refractivity contribution in [2.75, 3.05) is 6.61 Å². The molecule has 0 aromatic carbocycles. The van der Waals surface area contributed by atoms with E-state index in [1.165, 1.54) is 19.3 Å². The molecule has 2 heteroatoms. The number of unbranched alkanes of at least 4 members (excludes halogenated alkanes) is 5. The minimum Gasteiger partial charge on any atom is -0.466 e. The first-order valence-corrected chi connectivity index (χ1v) is 7.73. The van der Waals surface area contributed by atoms with Crippen LogP contribution in [0, 0.1) is 0 Å². The van der Waals surface area contributed by atoms with Crippen molar-refractivity contribution in [1.29, 1.82) is 0 Å². The maximum atomic E-state index is 11.4. The fourth-order valence-corrected chi connectivity index (χ4v) is 1.80. The Morgan fingerprint density at radius 2 is 1.68 bits per heavy atom. The van der Waals surface area contributed by atoms with Crippen LogP contribution < -0.4 is 0 Å². The molecule has 19 heavy (non-hydrogen) atoms. The topological polar surface area (TPSA) is 26.3 Å². The third-order valence-corrected chi connectivity index (χ3v) is 2.92. The number of carbonyl (C=O) groups excluding carboxylic acids is 1. The molecule has 0 aliphatic heterocycles. The minimum atomic E-state index is -0.0358. The van der Waals surface area contributed by atoms with Gasteiger partial charge in [-0.25, -0.2) is 0 Å². The summed E-state index contributed by atoms with van der Waals surface area (Å²) in [5, 5.41) is 0. The fraction of sp³-hybridized carbons (Fsp3) is 0.706. The van der Waals surface area contributed by atoms with Crippen molar-refractivity contribution in [2.24, 2.45) is 0 Å². The summed E-state index contributed by atoms with van der Waals surface area (Å²) in [7, 11) is 0. The van der Waals surface area contributed by atoms with Crippen LogP contribution in [0.2, 0.25) is 0 Å². The zero-order valence-corrected chi connectivity index (χ0v) is 12.7. The van der Waals surface area contributed by atoms with Gasteiger partial charge in [-0.15, -0.1) is 0 Å². The van der Waals surface area contributed by atoms with Crippen molar-refractivity contribution in [3.05, 3.63) is 24.3 Å². The number of rotatable bonds is 12. The Hall–Kier alpha value is -1.05. The Morgan fingerprint density at radius 3 is 2.42 bits per heavy atom. The predicted molar refractivity (Wildman–Crippen MR) is 82.1 cm³/mol. The molecule has 0 aliphatic rings. The van der Waals surface area contributed by atoms with Crippen LogP contribution in [0.25, 0.3) is 0 Å². The first kappa shape index (κ1) is 17.9. The highest BCUT2D eigenvalue weighted by Gasteiger charge is 2.01. The van der Waals surface area contributed by atoms with Crippen molar-refractivity contribution in [3.63, 3.8) is 0 Å². The number of allylic oxidation sites excluding steroid dienone is 4. The van der Waals surface area contributed by atoms with Gasteiger partial charge in [0.15, 0.2) is 0 Å². The summed E-state index contributed by atoms with van der Waals surface area (Å²) < 4.78 is 5.16. The molecular weight excluding hydrogens is 236 g/mol. The molecule has 0 rings (SSSR count). The smallest absolute Gasteiger partial charge is 0.305 e. The average Bonchev–Trinajstić information content (AvgIpc) is 2.41. The van der Waals surface area contributed by atoms with Crippen LogP contribution in [-0.2, 0) is 9.53 Å². The molecule has 0 amide bonds. The molecule has 0 N–H and O–H groups in total. The Labute approximate surface area is 118 Å². The van der Waals surface area contributed by atoms with Crippen LogP contribution in [0.1, 0.15) is 71.6 Å². The van der Waals surface area contributed by atoms with E-state index in [-0.39, 0.29) is 5.97 Å². The molecule has 0 unspecified atom stereocenters. The zero-order chi connectivity index (χ0) is 14.2. The van der Waals surface area contributed by atoms with Gasteiger partial charge >= 0.3 is 5.97 Å². The maximum absolute atomic E-state index is 11.4. The molecule has 0 aromatic rings. The van der Waals surface area contributed by atoms with Gasteiger partial charge < -0.3 is 4.74 Å². The van der Waals surface area contributed by atoms with Crippen LogP contribution in [0.15, 0.2) is 24.3 Å². The lowest BCUT2D eigenvalue weighted by Gasteiger charge is -2.03. The zero-order valence-electron chi connectivity index (χ0n) is 12.7. The van der Waals surface area contributed by atoms with Gasteiger partial charge in [0.05, 0.1) is 6.61 Å². The Balaban J connectivity index is 3.22. The van der Waals surface area contributed by atoms with Gasteiger partial charge in [-0.1, -0.05) is 44.1 Å². The normalized spacial score (nSPS) is 11.5. The number of hydrogen-bond donors (Lipinski definition) is 0. The summed E-state index contributed by atoms with van der Waals surface area (Å²) in [6, 6.07) is 0. The lowest BCUT2D eigenvalue weighted by molar-refractivity contribution is -0.143. The molecule has 0 aromatic heterocycles. The number of ether oxygens (including phenoxy) is 1. The van der Waals surface area contributed by atoms with Crippen molar-refractivity contribution in [3.8, 4) is 0 Å². The van der Waals surface area contributed by atoms with E-state index in [1.807, 2.05) is 13.0 Å². The summed E-state index contributed by atoms with van der Waals surface area (Å²) in [4.78, 5) is 11.4. The van der Waals surface area contributed by atoms with E-state index >= 15 is 0 Å². The summed E-state index contributed by atoms with van der Waals surface area (Å²) in [6.45, 7) is 4.72. The van der Waals surface area contributed by atoms with Crippen LogP contribution in [0.4, 0.5) is 0 Å². The Kier molecular flexibility index (Phi) is 14.2. The van der Waals surface area contributed by atoms with Crippen LogP contribution in [0.3, 0.4) is 0 Å². The quantitative estimate of drug-likeness (QED) is 0.276. The number of hydrogen-bond acceptors (Lipinski definition) is 2. The van der Waals surface area contributed by atoms with Gasteiger partial charge in [-0.2, -0.15) is 0 Å². The molecule has 0 aliphatic carbocycles. The standard InChI is InChI=1S/C17H30O2/c1-3-5-7-9-10-11-12-13-15-17(18)19-16-14-8-6-4-2/h4-7H,3,8-16H2,1-2H3/b6-4+,7-5+. The minimum absolute atomic E-state index is 0.0358. The Morgan fingerprint density at radius 1 is 0.947 bits per heavy atom. The first-order valence-electron chi connectivity index (χ1n) is 7.73. The number of esters is 1. The second-order valence-corrected chi connectivity index (χ2v) is 4.76. The van der Waals surface area contributed by atoms with Crippen molar-refractivity contribution >= 4 is 5.97 Å². The molecule has 110 valence electrons. The van der Waals surface area contributed by atoms with E-state index < -0.39 is 0 Å². The van der Waals surface area contributed by atoms with E-state index in [4.69, 9.17) is 4.74 Å². The van der Waals surface area contributed by atoms with E-state index in [2.05, 4.69) is 25.2 Å². The lowest BCUT2D eigenvalue weighted by atomic mass is 10.1. The second-order valence-electron chi connectivity index (χ2n) is 4.76. The highest BCUT2D eigenvalue weighted by atomic mass is 16.5. The van der Waals surface area contributed by atoms with Gasteiger partial charge in [-0.3, -0.25) is 4.79 Å². The molecule has 2 nitrogen and oxygen atoms in total. The average molecular weight is 266 g/mol. The largest absolute Gasteiger partial charge is 0.466 e. The Bertz CT molecular complexity index is 254. The molecule has 0 atom stereocenters. The van der Waals surface area contributed by atoms with E-state index in [1.54, 1.807) is 0 Å². The van der Waals surface area contributed by atoms with Gasteiger partial charge in [0.2, 0.25) is 0 Å². The lowest BCUT2D eigenvalue weighted by Crippen LogP contribution is -2.05. The molecular formula is C17H30O2. The molecule has 0 saturated carbocycles. The third-order valence-electron chi connectivity index (χ3n) is 2.92. The highest BCUT2D eigenvalue weighted by molar-refractivity contribution is 5.69. The van der Waals surface area contributed by atoms with Gasteiger partial charge in [0.1, 0.15) is 0 Å². The molecule has 0 bridgehead atoms. The van der Waals surface area contributed by atoms with Crippen molar-refractivity contribution in [1.82, 2.24) is 0 Å². The van der Waals surface area contributed by atoms with Gasteiger partial charge in [0, 0.05) is 6.42 Å². The van der Waals surface area contributed by atoms with E-state index in [9.17, 15) is 4.79 Å². The maximum Gasteiger partial charge on any atom is 0.305 e. The molecule has 0 saturated heterocycles. The number of carbonyl (C=O) groups is 1. The molecule has 0 radical (unpaired) electrons. The first-order chi connectivity index (χ1) is 9.31. The summed E-state index contributed by atoms with van der Waals surface area (Å²) >= 11 is 0. The van der Waals surface area contributed by atoms with Gasteiger partial charge in [-0.05, 0) is 45.4 Å². The second kappa shape index (κ2) is 15.0. The summed E-state index contributed by atoms with van der Waals surface area (Å²) in [6.07, 6.45) is 17.9. The molecule has 0 fully saturated rings. The monoisotopic (exact) mass is 266 g/mol. The SMILES string of the molecule is C/C=C/CCCOC(=O)CCCCCC/C=C/CC. The van der Waals surface area contributed by atoms with Crippen LogP contribution >= 0.6 is 0 Å². The van der Waals surface area contributed by atoms with Gasteiger partial charge in [0.25, 0.3) is 0 Å². The van der Waals surface area contributed by atoms with Crippen molar-refractivity contribution in [2.45, 2.75) is 71.6 Å². The van der Waals surface area contributed by atoms with Crippen LogP contribution in [0.5, 0.6) is 0 Å². The van der Waals surface area contributed by atoms with E-state index in [0.717, 1.165) is 32.1 Å². The summed E-state index contributed by atoms with van der Waals surface area (Å²) in [5.41, 5.74) is 0. The fourth-order valence-electron chi connectivity index (χ4n) is 1.80. The third kappa shape index (κ3) is 14.9. The van der Waals surface area contributed by atoms with E-state index in [0.29, 0.717) is 13.0 Å². The van der Waals surface area contributed by atoms with Crippen LogP contribution in [-0.4, -0.2) is 12.6 Å². The molecule has 0 spiro atoms. The summed E-state index contributed by atoms with van der Waals surface area (Å²) in [5.74, 6) is -0.0358. The van der Waals surface area contributed by atoms with Crippen molar-refractivity contribution < 1.29 is 9.53 Å². The highest BCUT2D eigenvalue weighted by Crippen LogP contribution is 2.07. The predicted octanol–water partition coefficient (Wildman–Crippen LogP) is 5.19. The molecule has 0 heterocycles.